The number of fused-ring (bicyclic) bond motifs is 1. The molecule has 6 nitrogen and oxygen atoms in total. The molecule has 0 saturated heterocycles. The van der Waals surface area contributed by atoms with Gasteiger partial charge in [0.1, 0.15) is 11.5 Å². The van der Waals surface area contributed by atoms with Gasteiger partial charge in [-0.05, 0) is 61.2 Å². The van der Waals surface area contributed by atoms with Crippen LogP contribution in [0.1, 0.15) is 69.8 Å². The molecule has 0 fully saturated rings. The van der Waals surface area contributed by atoms with Crippen LogP contribution in [0.4, 0.5) is 0 Å². The van der Waals surface area contributed by atoms with Crippen LogP contribution < -0.4 is 9.47 Å². The number of aryl methyl sites for hydroxylation is 1. The molecule has 1 heterocycles. The molecule has 0 amide bonds. The van der Waals surface area contributed by atoms with Crippen molar-refractivity contribution in [3.05, 3.63) is 54.2 Å². The molecule has 0 radical (unpaired) electrons. The zero-order valence-corrected chi connectivity index (χ0v) is 21.9. The number of methoxy groups -OCH3 is 2. The van der Waals surface area contributed by atoms with Gasteiger partial charge in [0.25, 0.3) is 10.0 Å². The summed E-state index contributed by atoms with van der Waals surface area (Å²) in [6.45, 7) is 0.304. The lowest BCUT2D eigenvalue weighted by Crippen LogP contribution is -2.11. The van der Waals surface area contributed by atoms with Crippen LogP contribution in [0.2, 0.25) is 0 Å². The molecule has 2 aromatic carbocycles. The average molecular weight is 502 g/mol. The summed E-state index contributed by atoms with van der Waals surface area (Å²) in [5.41, 5.74) is 1.63. The Balaban J connectivity index is 1.66. The smallest absolute Gasteiger partial charge is 0.268 e. The molecule has 1 N–H and O–H groups in total. The lowest BCUT2D eigenvalue weighted by atomic mass is 10.0. The van der Waals surface area contributed by atoms with Gasteiger partial charge >= 0.3 is 0 Å². The maximum absolute atomic E-state index is 13.5. The van der Waals surface area contributed by atoms with Crippen LogP contribution in [-0.2, 0) is 16.4 Å². The molecule has 0 unspecified atom stereocenters. The molecule has 0 aliphatic rings. The number of aliphatic hydroxyl groups excluding tert-OH is 1. The molecule has 7 heteroatoms. The van der Waals surface area contributed by atoms with E-state index in [4.69, 9.17) is 14.6 Å². The van der Waals surface area contributed by atoms with Crippen molar-refractivity contribution in [2.75, 3.05) is 20.8 Å². The monoisotopic (exact) mass is 501 g/mol. The van der Waals surface area contributed by atoms with Crippen LogP contribution in [0, 0.1) is 0 Å². The van der Waals surface area contributed by atoms with Gasteiger partial charge in [-0.25, -0.2) is 12.4 Å². The minimum Gasteiger partial charge on any atom is -0.497 e. The summed E-state index contributed by atoms with van der Waals surface area (Å²) in [6, 6.07) is 12.0. The molecule has 0 bridgehead atoms. The average Bonchev–Trinajstić information content (AvgIpc) is 3.27. The first kappa shape index (κ1) is 27.1. The Morgan fingerprint density at radius 1 is 0.771 bits per heavy atom. The highest BCUT2D eigenvalue weighted by atomic mass is 32.2. The summed E-state index contributed by atoms with van der Waals surface area (Å²) in [7, 11) is -0.576. The number of unbranched alkanes of at least 4 members (excludes halogenated alkanes) is 9. The van der Waals surface area contributed by atoms with Crippen molar-refractivity contribution in [3.8, 4) is 11.5 Å². The van der Waals surface area contributed by atoms with Gasteiger partial charge < -0.3 is 14.6 Å². The van der Waals surface area contributed by atoms with Crippen molar-refractivity contribution < 1.29 is 23.0 Å². The lowest BCUT2D eigenvalue weighted by molar-refractivity contribution is 0.282. The van der Waals surface area contributed by atoms with E-state index in [1.54, 1.807) is 44.7 Å². The van der Waals surface area contributed by atoms with E-state index in [1.807, 2.05) is 18.2 Å². The molecule has 3 rings (SSSR count). The van der Waals surface area contributed by atoms with E-state index in [-0.39, 0.29) is 4.90 Å². The van der Waals surface area contributed by atoms with Crippen LogP contribution in [0.3, 0.4) is 0 Å². The Kier molecular flexibility index (Phi) is 10.5. The number of aliphatic hydroxyl groups is 1. The van der Waals surface area contributed by atoms with Crippen molar-refractivity contribution in [2.45, 2.75) is 75.5 Å². The summed E-state index contributed by atoms with van der Waals surface area (Å²) in [5, 5.41) is 9.70. The number of hydrogen-bond donors (Lipinski definition) is 1. The fourth-order valence-electron chi connectivity index (χ4n) is 4.56. The summed E-state index contributed by atoms with van der Waals surface area (Å²) in [4.78, 5) is 0.223. The number of hydrogen-bond acceptors (Lipinski definition) is 5. The SMILES string of the molecule is COc1ccc(S(=O)(=O)n2cc(CCCCCCCCCCCCO)c3c(OC)cccc32)cc1. The first-order chi connectivity index (χ1) is 17.0. The van der Waals surface area contributed by atoms with Gasteiger partial charge in [-0.3, -0.25) is 0 Å². The van der Waals surface area contributed by atoms with E-state index in [2.05, 4.69) is 0 Å². The Hall–Kier alpha value is -2.51. The molecule has 3 aromatic rings. The summed E-state index contributed by atoms with van der Waals surface area (Å²) >= 11 is 0. The number of aromatic nitrogens is 1. The maximum Gasteiger partial charge on any atom is 0.268 e. The zero-order chi connectivity index (χ0) is 25.1. The minimum atomic E-state index is -3.76. The molecule has 0 aliphatic carbocycles. The van der Waals surface area contributed by atoms with Gasteiger partial charge in [0.05, 0.1) is 24.6 Å². The second-order valence-corrected chi connectivity index (χ2v) is 10.8. The molecule has 192 valence electrons. The van der Waals surface area contributed by atoms with E-state index in [0.717, 1.165) is 43.1 Å². The van der Waals surface area contributed by atoms with Crippen LogP contribution in [-0.4, -0.2) is 38.3 Å². The fourth-order valence-corrected chi connectivity index (χ4v) is 5.95. The highest BCUT2D eigenvalue weighted by molar-refractivity contribution is 7.90. The minimum absolute atomic E-state index is 0.223. The van der Waals surface area contributed by atoms with Crippen molar-refractivity contribution in [2.24, 2.45) is 0 Å². The van der Waals surface area contributed by atoms with Gasteiger partial charge in [-0.15, -0.1) is 0 Å². The first-order valence-corrected chi connectivity index (χ1v) is 14.1. The second kappa shape index (κ2) is 13.5. The molecule has 0 saturated carbocycles. The van der Waals surface area contributed by atoms with E-state index in [0.29, 0.717) is 23.6 Å². The van der Waals surface area contributed by atoms with Gasteiger partial charge in [-0.1, -0.05) is 57.4 Å². The van der Waals surface area contributed by atoms with Crippen LogP contribution >= 0.6 is 0 Å². The third kappa shape index (κ3) is 7.01. The number of benzene rings is 2. The fraction of sp³-hybridized carbons (Fsp3) is 0.500. The molecular weight excluding hydrogens is 462 g/mol. The summed E-state index contributed by atoms with van der Waals surface area (Å²) < 4.78 is 39.1. The molecule has 1 aromatic heterocycles. The predicted octanol–water partition coefficient (Wildman–Crippen LogP) is 6.33. The molecule has 0 atom stereocenters. The Morgan fingerprint density at radius 2 is 1.37 bits per heavy atom. The van der Waals surface area contributed by atoms with Crippen LogP contribution in [0.25, 0.3) is 10.9 Å². The summed E-state index contributed by atoms with van der Waals surface area (Å²) in [6.07, 6.45) is 14.2. The van der Waals surface area contributed by atoms with Crippen molar-refractivity contribution in [3.63, 3.8) is 0 Å². The zero-order valence-electron chi connectivity index (χ0n) is 21.0. The van der Waals surface area contributed by atoms with Crippen molar-refractivity contribution in [1.82, 2.24) is 3.97 Å². The Labute approximate surface area is 209 Å². The van der Waals surface area contributed by atoms with Gasteiger partial charge in [0.2, 0.25) is 0 Å². The third-order valence-electron chi connectivity index (χ3n) is 6.53. The van der Waals surface area contributed by atoms with Crippen LogP contribution in [0.15, 0.2) is 53.6 Å². The Morgan fingerprint density at radius 3 is 1.94 bits per heavy atom. The topological polar surface area (TPSA) is 77.8 Å². The predicted molar refractivity (Wildman–Crippen MR) is 141 cm³/mol. The molecular formula is C28H39NO5S. The Bertz CT molecular complexity index is 1150. The van der Waals surface area contributed by atoms with E-state index in [1.165, 1.54) is 42.5 Å². The third-order valence-corrected chi connectivity index (χ3v) is 8.21. The standard InChI is InChI=1S/C28H39NO5S/c1-33-24-17-19-25(20-18-24)35(31,32)29-22-23(28-26(29)15-13-16-27(28)34-2)14-11-9-7-5-3-4-6-8-10-12-21-30/h13,15-20,22,30H,3-12,14,21H2,1-2H3. The molecule has 0 aliphatic heterocycles. The van der Waals surface area contributed by atoms with E-state index in [9.17, 15) is 8.42 Å². The number of ether oxygens (including phenoxy) is 2. The summed E-state index contributed by atoms with van der Waals surface area (Å²) in [5.74, 6) is 1.31. The van der Waals surface area contributed by atoms with Crippen molar-refractivity contribution in [1.29, 1.82) is 0 Å². The van der Waals surface area contributed by atoms with E-state index >= 15 is 0 Å². The highest BCUT2D eigenvalue weighted by Gasteiger charge is 2.23. The van der Waals surface area contributed by atoms with Crippen LogP contribution in [0.5, 0.6) is 11.5 Å². The van der Waals surface area contributed by atoms with Crippen molar-refractivity contribution >= 4 is 20.9 Å². The quantitative estimate of drug-likeness (QED) is 0.232. The lowest BCUT2D eigenvalue weighted by Gasteiger charge is -2.09. The normalized spacial score (nSPS) is 11.7. The largest absolute Gasteiger partial charge is 0.497 e. The second-order valence-electron chi connectivity index (χ2n) is 8.99. The number of rotatable bonds is 16. The van der Waals surface area contributed by atoms with Gasteiger partial charge in [-0.2, -0.15) is 0 Å². The maximum atomic E-state index is 13.5. The molecule has 35 heavy (non-hydrogen) atoms. The van der Waals surface area contributed by atoms with E-state index < -0.39 is 10.0 Å². The van der Waals surface area contributed by atoms with Gasteiger partial charge in [0, 0.05) is 18.2 Å². The number of nitrogens with zero attached hydrogens (tertiary/aromatic N) is 1. The van der Waals surface area contributed by atoms with Gasteiger partial charge in [0.15, 0.2) is 0 Å². The first-order valence-electron chi connectivity index (χ1n) is 12.7. The highest BCUT2D eigenvalue weighted by Crippen LogP contribution is 2.34. The molecule has 0 spiro atoms.